The van der Waals surface area contributed by atoms with E-state index in [1.807, 2.05) is 0 Å². The minimum atomic E-state index is 1.11. The third kappa shape index (κ3) is 7.70. The molecule has 4 heteroatoms. The Bertz CT molecular complexity index is 4450. The van der Waals surface area contributed by atoms with Crippen LogP contribution in [-0.2, 0) is 0 Å². The monoisotopic (exact) mass is 972 g/mol. The van der Waals surface area contributed by atoms with Crippen LogP contribution in [-0.4, -0.2) is 23.2 Å². The molecule has 0 radical (unpaired) electrons. The summed E-state index contributed by atoms with van der Waals surface area (Å²) >= 11 is 0. The van der Waals surface area contributed by atoms with Gasteiger partial charge in [-0.05, 0) is 158 Å². The SMILES string of the molecule is CN(c1ccc(-c2ccc3ccccc3c2)cc1)c1ccc(-n2c3ccccc3c3c(-c4cc(N(C)c5ccc(-c6ccccc6)cc5)ccc4-c4ccc5c6ccccc6n(-c6ccccc6)c5c4)cccc32)cc1. The molecule has 0 aliphatic heterocycles. The Morgan fingerprint density at radius 2 is 0.737 bits per heavy atom. The van der Waals surface area contributed by atoms with E-state index in [-0.39, 0.29) is 0 Å². The fraction of sp³-hybridized carbons (Fsp3) is 0.0278. The van der Waals surface area contributed by atoms with Crippen molar-refractivity contribution >= 4 is 77.1 Å². The fourth-order valence-electron chi connectivity index (χ4n) is 11.6. The Morgan fingerprint density at radius 3 is 1.46 bits per heavy atom. The normalized spacial score (nSPS) is 11.6. The average Bonchev–Trinajstić information content (AvgIpc) is 4.02. The van der Waals surface area contributed by atoms with Gasteiger partial charge in [-0.25, -0.2) is 0 Å². The smallest absolute Gasteiger partial charge is 0.0547 e. The summed E-state index contributed by atoms with van der Waals surface area (Å²) in [5, 5.41) is 7.41. The van der Waals surface area contributed by atoms with Gasteiger partial charge in [-0.15, -0.1) is 0 Å². The van der Waals surface area contributed by atoms with Crippen molar-refractivity contribution in [3.8, 4) is 55.9 Å². The second-order valence-electron chi connectivity index (χ2n) is 19.9. The van der Waals surface area contributed by atoms with Gasteiger partial charge in [0.1, 0.15) is 0 Å². The van der Waals surface area contributed by atoms with Gasteiger partial charge in [-0.1, -0.05) is 176 Å². The molecule has 12 aromatic carbocycles. The number of nitrogens with zero attached hydrogens (tertiary/aromatic N) is 4. The Hall–Kier alpha value is -9.90. The molecule has 0 aliphatic rings. The number of aromatic nitrogens is 2. The summed E-state index contributed by atoms with van der Waals surface area (Å²) in [4.78, 5) is 4.57. The third-order valence-electron chi connectivity index (χ3n) is 15.6. The van der Waals surface area contributed by atoms with Crippen molar-refractivity contribution in [1.29, 1.82) is 0 Å². The topological polar surface area (TPSA) is 16.3 Å². The zero-order chi connectivity index (χ0) is 50.7. The van der Waals surface area contributed by atoms with E-state index in [0.29, 0.717) is 0 Å². The maximum Gasteiger partial charge on any atom is 0.0547 e. The molecular formula is C72H52N4. The van der Waals surface area contributed by atoms with Gasteiger partial charge in [-0.3, -0.25) is 0 Å². The molecule has 14 aromatic rings. The van der Waals surface area contributed by atoms with Crippen LogP contribution in [0.2, 0.25) is 0 Å². The largest absolute Gasteiger partial charge is 0.345 e. The predicted octanol–water partition coefficient (Wildman–Crippen LogP) is 19.2. The molecule has 360 valence electrons. The lowest BCUT2D eigenvalue weighted by atomic mass is 9.90. The van der Waals surface area contributed by atoms with Crippen LogP contribution in [0.25, 0.3) is 110 Å². The van der Waals surface area contributed by atoms with E-state index in [1.165, 1.54) is 82.3 Å². The van der Waals surface area contributed by atoms with Crippen molar-refractivity contribution in [3.05, 3.63) is 279 Å². The lowest BCUT2D eigenvalue weighted by Gasteiger charge is -2.23. The highest BCUT2D eigenvalue weighted by Crippen LogP contribution is 2.45. The fourth-order valence-corrected chi connectivity index (χ4v) is 11.6. The Kier molecular flexibility index (Phi) is 10.9. The van der Waals surface area contributed by atoms with Crippen LogP contribution in [0.1, 0.15) is 0 Å². The zero-order valence-electron chi connectivity index (χ0n) is 42.3. The zero-order valence-corrected chi connectivity index (χ0v) is 42.3. The van der Waals surface area contributed by atoms with Crippen LogP contribution >= 0.6 is 0 Å². The first-order valence-electron chi connectivity index (χ1n) is 26.1. The lowest BCUT2D eigenvalue weighted by Crippen LogP contribution is -2.09. The summed E-state index contributed by atoms with van der Waals surface area (Å²) in [6.45, 7) is 0. The summed E-state index contributed by atoms with van der Waals surface area (Å²) < 4.78 is 4.85. The number of rotatable bonds is 10. The highest BCUT2D eigenvalue weighted by atomic mass is 15.1. The molecular weight excluding hydrogens is 921 g/mol. The average molecular weight is 973 g/mol. The minimum Gasteiger partial charge on any atom is -0.345 e. The van der Waals surface area contributed by atoms with Gasteiger partial charge in [0.05, 0.1) is 22.1 Å². The molecule has 0 bridgehead atoms. The van der Waals surface area contributed by atoms with Crippen molar-refractivity contribution in [2.24, 2.45) is 0 Å². The molecule has 0 spiro atoms. The Labute approximate surface area is 442 Å². The minimum absolute atomic E-state index is 1.11. The van der Waals surface area contributed by atoms with Crippen molar-refractivity contribution in [3.63, 3.8) is 0 Å². The van der Waals surface area contributed by atoms with Gasteiger partial charge in [0.15, 0.2) is 0 Å². The molecule has 0 saturated heterocycles. The van der Waals surface area contributed by atoms with Gasteiger partial charge >= 0.3 is 0 Å². The Balaban J connectivity index is 0.884. The van der Waals surface area contributed by atoms with E-state index in [4.69, 9.17) is 0 Å². The number of hydrogen-bond acceptors (Lipinski definition) is 2. The molecule has 0 unspecified atom stereocenters. The van der Waals surface area contributed by atoms with Crippen molar-refractivity contribution in [2.45, 2.75) is 0 Å². The van der Waals surface area contributed by atoms with Crippen LogP contribution < -0.4 is 9.80 Å². The van der Waals surface area contributed by atoms with Crippen molar-refractivity contribution < 1.29 is 0 Å². The van der Waals surface area contributed by atoms with Crippen molar-refractivity contribution in [2.75, 3.05) is 23.9 Å². The summed E-state index contributed by atoms with van der Waals surface area (Å²) in [5.74, 6) is 0. The summed E-state index contributed by atoms with van der Waals surface area (Å²) in [7, 11) is 4.32. The number of hydrogen-bond donors (Lipinski definition) is 0. The molecule has 76 heavy (non-hydrogen) atoms. The summed E-state index contributed by atoms with van der Waals surface area (Å²) in [6, 6.07) is 102. The first-order valence-corrected chi connectivity index (χ1v) is 26.1. The van der Waals surface area contributed by atoms with Gasteiger partial charge in [-0.2, -0.15) is 0 Å². The van der Waals surface area contributed by atoms with Crippen LogP contribution in [0.15, 0.2) is 279 Å². The molecule has 2 heterocycles. The van der Waals surface area contributed by atoms with E-state index < -0.39 is 0 Å². The third-order valence-corrected chi connectivity index (χ3v) is 15.6. The number of anilines is 4. The van der Waals surface area contributed by atoms with E-state index in [2.05, 4.69) is 312 Å². The molecule has 14 rings (SSSR count). The number of fused-ring (bicyclic) bond motifs is 7. The van der Waals surface area contributed by atoms with Gasteiger partial charge < -0.3 is 18.9 Å². The van der Waals surface area contributed by atoms with Crippen LogP contribution in [0.3, 0.4) is 0 Å². The second-order valence-corrected chi connectivity index (χ2v) is 19.9. The molecule has 4 nitrogen and oxygen atoms in total. The van der Waals surface area contributed by atoms with Gasteiger partial charge in [0.25, 0.3) is 0 Å². The van der Waals surface area contributed by atoms with Crippen LogP contribution in [0.5, 0.6) is 0 Å². The predicted molar refractivity (Wildman–Crippen MR) is 323 cm³/mol. The van der Waals surface area contributed by atoms with E-state index in [1.54, 1.807) is 0 Å². The van der Waals surface area contributed by atoms with E-state index >= 15 is 0 Å². The lowest BCUT2D eigenvalue weighted by molar-refractivity contribution is 1.16. The first kappa shape index (κ1) is 44.8. The molecule has 0 amide bonds. The maximum atomic E-state index is 2.44. The first-order chi connectivity index (χ1) is 37.5. The Morgan fingerprint density at radius 1 is 0.250 bits per heavy atom. The quantitative estimate of drug-likeness (QED) is 0.136. The molecule has 0 aliphatic carbocycles. The molecule has 0 N–H and O–H groups in total. The summed E-state index contributed by atoms with van der Waals surface area (Å²) in [6.07, 6.45) is 0. The second kappa shape index (κ2) is 18.5. The highest BCUT2D eigenvalue weighted by Gasteiger charge is 2.21. The number of para-hydroxylation sites is 3. The van der Waals surface area contributed by atoms with E-state index in [0.717, 1.165) is 50.7 Å². The van der Waals surface area contributed by atoms with Crippen LogP contribution in [0, 0.1) is 0 Å². The van der Waals surface area contributed by atoms with Crippen molar-refractivity contribution in [1.82, 2.24) is 9.13 Å². The molecule has 2 aromatic heterocycles. The molecule has 0 saturated carbocycles. The standard InChI is InChI=1S/C72H52N4/c1-73(56-37-32-52(33-38-56)54-29-28-50-18-9-10-19-53(50)46-54)58-39-41-60(42-40-58)75-69-26-14-12-23-66(69)72-65(24-15-27-70(72)75)67-48-61(74(2)57-35-30-51(31-36-57)49-16-5-3-6-17-49)43-45-62(67)55-34-44-64-63-22-11-13-25-68(63)76(71(64)47-55)59-20-7-4-8-21-59/h3-48H,1-2H3. The highest BCUT2D eigenvalue weighted by molar-refractivity contribution is 6.17. The van der Waals surface area contributed by atoms with Gasteiger partial charge in [0, 0.05) is 69.8 Å². The van der Waals surface area contributed by atoms with Crippen LogP contribution in [0.4, 0.5) is 22.7 Å². The van der Waals surface area contributed by atoms with Gasteiger partial charge in [0.2, 0.25) is 0 Å². The number of benzene rings is 12. The molecule has 0 fully saturated rings. The van der Waals surface area contributed by atoms with E-state index in [9.17, 15) is 0 Å². The maximum absolute atomic E-state index is 2.44. The molecule has 0 atom stereocenters. The summed E-state index contributed by atoms with van der Waals surface area (Å²) in [5.41, 5.74) is 20.9.